The van der Waals surface area contributed by atoms with E-state index in [9.17, 15) is 9.90 Å². The van der Waals surface area contributed by atoms with Gasteiger partial charge in [-0.1, -0.05) is 54.6 Å². The molecule has 0 radical (unpaired) electrons. The Kier molecular flexibility index (Phi) is 5.77. The second kappa shape index (κ2) is 7.59. The zero-order valence-electron chi connectivity index (χ0n) is 12.7. The van der Waals surface area contributed by atoms with E-state index in [2.05, 4.69) is 5.32 Å². The highest BCUT2D eigenvalue weighted by Gasteiger charge is 2.32. The number of nitrogens with one attached hydrogen (secondary N) is 1. The molecule has 0 bridgehead atoms. The van der Waals surface area contributed by atoms with Crippen LogP contribution in [0, 0.1) is 0 Å². The van der Waals surface area contributed by atoms with Crippen LogP contribution in [-0.4, -0.2) is 17.1 Å². The highest BCUT2D eigenvalue weighted by Crippen LogP contribution is 2.31. The van der Waals surface area contributed by atoms with Gasteiger partial charge in [0.2, 0.25) is 5.91 Å². The first-order valence-electron chi connectivity index (χ1n) is 7.51. The second-order valence-electron chi connectivity index (χ2n) is 5.74. The summed E-state index contributed by atoms with van der Waals surface area (Å²) in [6, 6.07) is 16.7. The van der Waals surface area contributed by atoms with Crippen LogP contribution in [0.5, 0.6) is 0 Å². The molecule has 0 aliphatic heterocycles. The van der Waals surface area contributed by atoms with Crippen molar-refractivity contribution in [2.75, 3.05) is 0 Å². The van der Waals surface area contributed by atoms with Crippen molar-refractivity contribution in [3.63, 3.8) is 0 Å². The molecule has 0 aromatic heterocycles. The Labute approximate surface area is 142 Å². The Balaban J connectivity index is 0.00000192. The second-order valence-corrected chi connectivity index (χ2v) is 5.74. The molecule has 4 N–H and O–H groups in total. The summed E-state index contributed by atoms with van der Waals surface area (Å²) in [5, 5.41) is 13.1. The summed E-state index contributed by atoms with van der Waals surface area (Å²) in [6.07, 6.45) is 0.204. The fourth-order valence-electron chi connectivity index (χ4n) is 3.00. The lowest BCUT2D eigenvalue weighted by atomic mass is 10.0. The summed E-state index contributed by atoms with van der Waals surface area (Å²) in [4.78, 5) is 12.2. The van der Waals surface area contributed by atoms with Crippen LogP contribution < -0.4 is 11.1 Å². The molecule has 1 aliphatic rings. The minimum atomic E-state index is -0.575. The standard InChI is InChI=1S/C18H20N2O2.ClH/c19-15(12-6-2-1-3-7-12)11-17(22)20-18-14-9-5-4-8-13(14)10-16(18)21;/h1-9,15-16,18,21H,10-11,19H2,(H,20,22);1H/t15?,16-,18+;/m1./s1. The van der Waals surface area contributed by atoms with Gasteiger partial charge in [0, 0.05) is 18.9 Å². The highest BCUT2D eigenvalue weighted by molar-refractivity contribution is 5.85. The van der Waals surface area contributed by atoms with Gasteiger partial charge in [0.25, 0.3) is 0 Å². The summed E-state index contributed by atoms with van der Waals surface area (Å²) in [5.74, 6) is -0.142. The Morgan fingerprint density at radius 1 is 1.17 bits per heavy atom. The van der Waals surface area contributed by atoms with E-state index < -0.39 is 6.10 Å². The van der Waals surface area contributed by atoms with Gasteiger partial charge in [0.1, 0.15) is 0 Å². The molecule has 4 nitrogen and oxygen atoms in total. The predicted molar refractivity (Wildman–Crippen MR) is 92.3 cm³/mol. The van der Waals surface area contributed by atoms with E-state index in [0.29, 0.717) is 6.42 Å². The van der Waals surface area contributed by atoms with E-state index in [-0.39, 0.29) is 36.8 Å². The lowest BCUT2D eigenvalue weighted by Crippen LogP contribution is -2.35. The monoisotopic (exact) mass is 332 g/mol. The van der Waals surface area contributed by atoms with Crippen LogP contribution >= 0.6 is 12.4 Å². The Morgan fingerprint density at radius 2 is 1.83 bits per heavy atom. The van der Waals surface area contributed by atoms with Gasteiger partial charge in [-0.05, 0) is 16.7 Å². The van der Waals surface area contributed by atoms with Crippen LogP contribution in [0.2, 0.25) is 0 Å². The normalized spacial score (nSPS) is 20.3. The number of halogens is 1. The van der Waals surface area contributed by atoms with Crippen molar-refractivity contribution >= 4 is 18.3 Å². The summed E-state index contributed by atoms with van der Waals surface area (Å²) in [7, 11) is 0. The largest absolute Gasteiger partial charge is 0.390 e. The molecule has 2 aromatic carbocycles. The molecule has 0 saturated carbocycles. The summed E-state index contributed by atoms with van der Waals surface area (Å²) in [6.45, 7) is 0. The molecule has 1 amide bonds. The van der Waals surface area contributed by atoms with Crippen LogP contribution in [0.15, 0.2) is 54.6 Å². The molecule has 3 rings (SSSR count). The summed E-state index contributed by atoms with van der Waals surface area (Å²) >= 11 is 0. The van der Waals surface area contributed by atoms with Gasteiger partial charge in [0.05, 0.1) is 12.1 Å². The van der Waals surface area contributed by atoms with Crippen molar-refractivity contribution < 1.29 is 9.90 Å². The average Bonchev–Trinajstić information content (AvgIpc) is 2.84. The fourth-order valence-corrected chi connectivity index (χ4v) is 3.00. The number of nitrogens with two attached hydrogens (primary N) is 1. The molecule has 3 atom stereocenters. The number of hydrogen-bond acceptors (Lipinski definition) is 3. The zero-order chi connectivity index (χ0) is 15.5. The first-order valence-corrected chi connectivity index (χ1v) is 7.51. The number of fused-ring (bicyclic) bond motifs is 1. The number of rotatable bonds is 4. The van der Waals surface area contributed by atoms with E-state index in [1.165, 1.54) is 0 Å². The third kappa shape index (κ3) is 3.91. The van der Waals surface area contributed by atoms with Crippen molar-refractivity contribution in [3.8, 4) is 0 Å². The van der Waals surface area contributed by atoms with Crippen molar-refractivity contribution in [2.24, 2.45) is 5.73 Å². The molecule has 5 heteroatoms. The fraction of sp³-hybridized carbons (Fsp3) is 0.278. The average molecular weight is 333 g/mol. The van der Waals surface area contributed by atoms with Gasteiger partial charge >= 0.3 is 0 Å². The van der Waals surface area contributed by atoms with Gasteiger partial charge in [-0.25, -0.2) is 0 Å². The number of aliphatic hydroxyl groups is 1. The number of carbonyl (C=O) groups is 1. The molecule has 23 heavy (non-hydrogen) atoms. The molecule has 0 spiro atoms. The number of hydrogen-bond donors (Lipinski definition) is 3. The third-order valence-electron chi connectivity index (χ3n) is 4.15. The predicted octanol–water partition coefficient (Wildman–Crippen LogP) is 2.27. The molecule has 2 aromatic rings. The van der Waals surface area contributed by atoms with Crippen molar-refractivity contribution in [2.45, 2.75) is 31.0 Å². The van der Waals surface area contributed by atoms with Crippen molar-refractivity contribution in [1.29, 1.82) is 0 Å². The lowest BCUT2D eigenvalue weighted by molar-refractivity contribution is -0.123. The Morgan fingerprint density at radius 3 is 2.57 bits per heavy atom. The molecular formula is C18H21ClN2O2. The number of aliphatic hydroxyl groups excluding tert-OH is 1. The van der Waals surface area contributed by atoms with Crippen molar-refractivity contribution in [1.82, 2.24) is 5.32 Å². The third-order valence-corrected chi connectivity index (χ3v) is 4.15. The minimum Gasteiger partial charge on any atom is -0.390 e. The van der Waals surface area contributed by atoms with Crippen LogP contribution in [0.3, 0.4) is 0 Å². The van der Waals surface area contributed by atoms with E-state index in [4.69, 9.17) is 5.73 Å². The van der Waals surface area contributed by atoms with Gasteiger partial charge in [0.15, 0.2) is 0 Å². The van der Waals surface area contributed by atoms with Crippen LogP contribution in [-0.2, 0) is 11.2 Å². The van der Waals surface area contributed by atoms with Gasteiger partial charge in [-0.15, -0.1) is 12.4 Å². The smallest absolute Gasteiger partial charge is 0.222 e. The molecule has 1 unspecified atom stereocenters. The Bertz CT molecular complexity index is 663. The maximum absolute atomic E-state index is 12.2. The molecule has 122 valence electrons. The molecule has 1 aliphatic carbocycles. The van der Waals surface area contributed by atoms with Gasteiger partial charge in [-0.3, -0.25) is 4.79 Å². The summed E-state index contributed by atoms with van der Waals surface area (Å²) < 4.78 is 0. The molecule has 0 heterocycles. The number of carbonyl (C=O) groups excluding carboxylic acids is 1. The van der Waals surface area contributed by atoms with Crippen molar-refractivity contribution in [3.05, 3.63) is 71.3 Å². The maximum Gasteiger partial charge on any atom is 0.222 e. The van der Waals surface area contributed by atoms with E-state index in [1.807, 2.05) is 54.6 Å². The first-order chi connectivity index (χ1) is 10.6. The van der Waals surface area contributed by atoms with Gasteiger partial charge < -0.3 is 16.2 Å². The van der Waals surface area contributed by atoms with E-state index >= 15 is 0 Å². The van der Waals surface area contributed by atoms with Crippen LogP contribution in [0.25, 0.3) is 0 Å². The highest BCUT2D eigenvalue weighted by atomic mass is 35.5. The van der Waals surface area contributed by atoms with Gasteiger partial charge in [-0.2, -0.15) is 0 Å². The molecule has 0 saturated heterocycles. The van der Waals surface area contributed by atoms with E-state index in [1.54, 1.807) is 0 Å². The molecule has 0 fully saturated rings. The summed E-state index contributed by atoms with van der Waals surface area (Å²) in [5.41, 5.74) is 9.10. The maximum atomic E-state index is 12.2. The van der Waals surface area contributed by atoms with Crippen LogP contribution in [0.1, 0.15) is 35.2 Å². The first kappa shape index (κ1) is 17.5. The lowest BCUT2D eigenvalue weighted by Gasteiger charge is -2.19. The minimum absolute atomic E-state index is 0. The SMILES string of the molecule is Cl.NC(CC(=O)N[C@H]1c2ccccc2C[C@H]1O)c1ccccc1. The Hall–Kier alpha value is -1.88. The zero-order valence-corrected chi connectivity index (χ0v) is 13.5. The molecular weight excluding hydrogens is 312 g/mol. The van der Waals surface area contributed by atoms with Crippen LogP contribution in [0.4, 0.5) is 0 Å². The van der Waals surface area contributed by atoms with E-state index in [0.717, 1.165) is 16.7 Å². The quantitative estimate of drug-likeness (QED) is 0.804. The topological polar surface area (TPSA) is 75.4 Å². The number of amides is 1. The number of benzene rings is 2.